The lowest BCUT2D eigenvalue weighted by atomic mass is 10.1. The quantitative estimate of drug-likeness (QED) is 0.824. The molecule has 1 aromatic rings. The monoisotopic (exact) mass is 245 g/mol. The SMILES string of the molecule is CN1CCc2c(NC(=O)N3CCCC3)cccc21. The van der Waals surface area contributed by atoms with Crippen LogP contribution >= 0.6 is 0 Å². The van der Waals surface area contributed by atoms with Gasteiger partial charge in [-0.25, -0.2) is 4.79 Å². The molecule has 1 fully saturated rings. The van der Waals surface area contributed by atoms with Crippen molar-refractivity contribution in [3.63, 3.8) is 0 Å². The van der Waals surface area contributed by atoms with E-state index in [9.17, 15) is 4.79 Å². The molecule has 1 aromatic carbocycles. The van der Waals surface area contributed by atoms with Crippen LogP contribution in [0, 0.1) is 0 Å². The van der Waals surface area contributed by atoms with Gasteiger partial charge >= 0.3 is 6.03 Å². The van der Waals surface area contributed by atoms with E-state index in [4.69, 9.17) is 0 Å². The zero-order valence-corrected chi connectivity index (χ0v) is 10.8. The Labute approximate surface area is 108 Å². The molecule has 4 heteroatoms. The molecule has 96 valence electrons. The number of nitrogens with zero attached hydrogens (tertiary/aromatic N) is 2. The highest BCUT2D eigenvalue weighted by atomic mass is 16.2. The number of likely N-dealkylation sites (tertiary alicyclic amines) is 1. The highest BCUT2D eigenvalue weighted by Crippen LogP contribution is 2.32. The number of nitrogens with one attached hydrogen (secondary N) is 1. The number of amides is 2. The van der Waals surface area contributed by atoms with Gasteiger partial charge in [-0.3, -0.25) is 0 Å². The number of anilines is 2. The van der Waals surface area contributed by atoms with E-state index in [-0.39, 0.29) is 6.03 Å². The molecule has 0 aromatic heterocycles. The van der Waals surface area contributed by atoms with Crippen LogP contribution in [0.2, 0.25) is 0 Å². The maximum Gasteiger partial charge on any atom is 0.321 e. The third-order valence-corrected chi connectivity index (χ3v) is 3.89. The van der Waals surface area contributed by atoms with Gasteiger partial charge in [0.25, 0.3) is 0 Å². The van der Waals surface area contributed by atoms with Gasteiger partial charge in [0.15, 0.2) is 0 Å². The second kappa shape index (κ2) is 4.52. The summed E-state index contributed by atoms with van der Waals surface area (Å²) >= 11 is 0. The van der Waals surface area contributed by atoms with Gasteiger partial charge in [0, 0.05) is 43.6 Å². The molecular formula is C14H19N3O. The van der Waals surface area contributed by atoms with Crippen LogP contribution < -0.4 is 10.2 Å². The van der Waals surface area contributed by atoms with Crippen LogP contribution in [-0.2, 0) is 6.42 Å². The van der Waals surface area contributed by atoms with E-state index in [1.165, 1.54) is 11.3 Å². The van der Waals surface area contributed by atoms with Crippen LogP contribution in [0.3, 0.4) is 0 Å². The summed E-state index contributed by atoms with van der Waals surface area (Å²) in [4.78, 5) is 16.2. The van der Waals surface area contributed by atoms with Crippen LogP contribution in [0.1, 0.15) is 18.4 Å². The molecule has 2 aliphatic rings. The van der Waals surface area contributed by atoms with E-state index in [0.29, 0.717) is 0 Å². The minimum absolute atomic E-state index is 0.0513. The molecule has 3 rings (SSSR count). The van der Waals surface area contributed by atoms with Crippen LogP contribution in [-0.4, -0.2) is 37.6 Å². The molecule has 18 heavy (non-hydrogen) atoms. The number of urea groups is 1. The summed E-state index contributed by atoms with van der Waals surface area (Å²) in [6.07, 6.45) is 3.27. The summed E-state index contributed by atoms with van der Waals surface area (Å²) in [5.41, 5.74) is 3.50. The largest absolute Gasteiger partial charge is 0.374 e. The van der Waals surface area contributed by atoms with Crippen molar-refractivity contribution >= 4 is 17.4 Å². The van der Waals surface area contributed by atoms with Gasteiger partial charge in [0.05, 0.1) is 0 Å². The summed E-state index contributed by atoms with van der Waals surface area (Å²) in [5, 5.41) is 3.07. The van der Waals surface area contributed by atoms with Crippen LogP contribution in [0.15, 0.2) is 18.2 Å². The summed E-state index contributed by atoms with van der Waals surface area (Å²) in [5.74, 6) is 0. The molecule has 0 spiro atoms. The molecule has 2 amide bonds. The second-order valence-corrected chi connectivity index (χ2v) is 5.10. The maximum atomic E-state index is 12.1. The Morgan fingerprint density at radius 1 is 1.22 bits per heavy atom. The fraction of sp³-hybridized carbons (Fsp3) is 0.500. The number of carbonyl (C=O) groups excluding carboxylic acids is 1. The highest BCUT2D eigenvalue weighted by molar-refractivity contribution is 5.91. The highest BCUT2D eigenvalue weighted by Gasteiger charge is 2.22. The molecular weight excluding hydrogens is 226 g/mol. The number of likely N-dealkylation sites (N-methyl/N-ethyl adjacent to an activating group) is 1. The lowest BCUT2D eigenvalue weighted by Gasteiger charge is -2.18. The number of fused-ring (bicyclic) bond motifs is 1. The van der Waals surface area contributed by atoms with Gasteiger partial charge in [0.2, 0.25) is 0 Å². The Hall–Kier alpha value is -1.71. The summed E-state index contributed by atoms with van der Waals surface area (Å²) in [6.45, 7) is 2.81. The van der Waals surface area contributed by atoms with Crippen molar-refractivity contribution in [3.8, 4) is 0 Å². The third kappa shape index (κ3) is 1.92. The minimum atomic E-state index is 0.0513. The molecule has 0 radical (unpaired) electrons. The van der Waals surface area contributed by atoms with Crippen molar-refractivity contribution in [2.45, 2.75) is 19.3 Å². The van der Waals surface area contributed by atoms with Crippen LogP contribution in [0.4, 0.5) is 16.2 Å². The summed E-state index contributed by atoms with van der Waals surface area (Å²) in [7, 11) is 2.10. The molecule has 1 saturated heterocycles. The predicted octanol–water partition coefficient (Wildman–Crippen LogP) is 2.31. The first-order valence-corrected chi connectivity index (χ1v) is 6.64. The van der Waals surface area contributed by atoms with E-state index >= 15 is 0 Å². The Bertz CT molecular complexity index is 466. The van der Waals surface area contributed by atoms with Gasteiger partial charge in [-0.05, 0) is 31.4 Å². The first-order chi connectivity index (χ1) is 8.75. The molecule has 0 saturated carbocycles. The van der Waals surface area contributed by atoms with Crippen molar-refractivity contribution in [1.29, 1.82) is 0 Å². The zero-order valence-electron chi connectivity index (χ0n) is 10.8. The number of benzene rings is 1. The maximum absolute atomic E-state index is 12.1. The van der Waals surface area contributed by atoms with E-state index < -0.39 is 0 Å². The second-order valence-electron chi connectivity index (χ2n) is 5.10. The lowest BCUT2D eigenvalue weighted by Crippen LogP contribution is -2.32. The molecule has 0 bridgehead atoms. The Kier molecular flexibility index (Phi) is 2.86. The number of hydrogen-bond donors (Lipinski definition) is 1. The number of rotatable bonds is 1. The third-order valence-electron chi connectivity index (χ3n) is 3.89. The van der Waals surface area contributed by atoms with Crippen molar-refractivity contribution in [3.05, 3.63) is 23.8 Å². The Morgan fingerprint density at radius 2 is 2.00 bits per heavy atom. The lowest BCUT2D eigenvalue weighted by molar-refractivity contribution is 0.222. The normalized spacial score (nSPS) is 18.1. The molecule has 0 atom stereocenters. The fourth-order valence-electron chi connectivity index (χ4n) is 2.83. The van der Waals surface area contributed by atoms with Gasteiger partial charge in [0.1, 0.15) is 0 Å². The van der Waals surface area contributed by atoms with Crippen LogP contribution in [0.25, 0.3) is 0 Å². The first-order valence-electron chi connectivity index (χ1n) is 6.64. The average molecular weight is 245 g/mol. The Morgan fingerprint density at radius 3 is 2.78 bits per heavy atom. The van der Waals surface area contributed by atoms with Crippen LogP contribution in [0.5, 0.6) is 0 Å². The molecule has 1 N–H and O–H groups in total. The first kappa shape index (κ1) is 11.4. The van der Waals surface area contributed by atoms with Crippen molar-refractivity contribution in [1.82, 2.24) is 4.90 Å². The van der Waals surface area contributed by atoms with E-state index in [1.54, 1.807) is 0 Å². The molecule has 2 heterocycles. The van der Waals surface area contributed by atoms with Crippen molar-refractivity contribution in [2.75, 3.05) is 36.9 Å². The van der Waals surface area contributed by atoms with Gasteiger partial charge in [-0.2, -0.15) is 0 Å². The topological polar surface area (TPSA) is 35.6 Å². The van der Waals surface area contributed by atoms with Gasteiger partial charge < -0.3 is 15.1 Å². The van der Waals surface area contributed by atoms with Gasteiger partial charge in [-0.15, -0.1) is 0 Å². The number of carbonyl (C=O) groups is 1. The summed E-state index contributed by atoms with van der Waals surface area (Å²) < 4.78 is 0. The van der Waals surface area contributed by atoms with E-state index in [2.05, 4.69) is 23.3 Å². The predicted molar refractivity (Wildman–Crippen MR) is 73.2 cm³/mol. The fourth-order valence-corrected chi connectivity index (χ4v) is 2.83. The molecule has 0 aliphatic carbocycles. The number of hydrogen-bond acceptors (Lipinski definition) is 2. The van der Waals surface area contributed by atoms with Gasteiger partial charge in [-0.1, -0.05) is 6.07 Å². The smallest absolute Gasteiger partial charge is 0.321 e. The van der Waals surface area contributed by atoms with Crippen molar-refractivity contribution < 1.29 is 4.79 Å². The zero-order chi connectivity index (χ0) is 12.5. The Balaban J connectivity index is 1.79. The molecule has 0 unspecified atom stereocenters. The average Bonchev–Trinajstić information content (AvgIpc) is 3.00. The minimum Gasteiger partial charge on any atom is -0.374 e. The van der Waals surface area contributed by atoms with E-state index in [1.807, 2.05) is 17.0 Å². The molecule has 2 aliphatic heterocycles. The summed E-state index contributed by atoms with van der Waals surface area (Å²) in [6, 6.07) is 6.19. The van der Waals surface area contributed by atoms with E-state index in [0.717, 1.165) is 44.6 Å². The standard InChI is InChI=1S/C14H19N3O/c1-16-10-7-11-12(5-4-6-13(11)16)15-14(18)17-8-2-3-9-17/h4-6H,2-3,7-10H2,1H3,(H,15,18). The molecule has 4 nitrogen and oxygen atoms in total. The van der Waals surface area contributed by atoms with Crippen molar-refractivity contribution in [2.24, 2.45) is 0 Å².